The molecule has 1 saturated carbocycles. The molecule has 3 heterocycles. The van der Waals surface area contributed by atoms with Gasteiger partial charge in [-0.2, -0.15) is 0 Å². The smallest absolute Gasteiger partial charge is 0.240 e. The third-order valence-electron chi connectivity index (χ3n) is 6.00. The maximum atomic E-state index is 12.5. The Morgan fingerprint density at radius 3 is 2.65 bits per heavy atom. The quantitative estimate of drug-likeness (QED) is 0.358. The lowest BCUT2D eigenvalue weighted by Crippen LogP contribution is -2.32. The van der Waals surface area contributed by atoms with E-state index in [2.05, 4.69) is 32.1 Å². The number of sulfonamides is 1. The van der Waals surface area contributed by atoms with E-state index in [9.17, 15) is 13.2 Å². The van der Waals surface area contributed by atoms with Crippen LogP contribution in [-0.4, -0.2) is 45.7 Å². The first-order valence-corrected chi connectivity index (χ1v) is 14.2. The van der Waals surface area contributed by atoms with Gasteiger partial charge < -0.3 is 5.32 Å². The summed E-state index contributed by atoms with van der Waals surface area (Å²) in [7, 11) is -3.56. The first-order chi connectivity index (χ1) is 16.3. The summed E-state index contributed by atoms with van der Waals surface area (Å²) in [6.07, 6.45) is 5.54. The average Bonchev–Trinajstić information content (AvgIpc) is 3.52. The Kier molecular flexibility index (Phi) is 6.32. The van der Waals surface area contributed by atoms with Crippen molar-refractivity contribution in [3.63, 3.8) is 0 Å². The first kappa shape index (κ1) is 23.2. The summed E-state index contributed by atoms with van der Waals surface area (Å²) in [5.74, 6) is -0.0953. The first-order valence-electron chi connectivity index (χ1n) is 11.0. The number of benzene rings is 1. The maximum absolute atomic E-state index is 12.5. The van der Waals surface area contributed by atoms with Crippen LogP contribution in [0.1, 0.15) is 36.1 Å². The van der Waals surface area contributed by atoms with Gasteiger partial charge in [0.05, 0.1) is 16.0 Å². The number of nitrogens with zero attached hydrogens (tertiary/aromatic N) is 4. The molecule has 4 aromatic rings. The number of amides is 1. The predicted molar refractivity (Wildman–Crippen MR) is 134 cm³/mol. The van der Waals surface area contributed by atoms with Crippen LogP contribution in [0.3, 0.4) is 0 Å². The minimum atomic E-state index is -3.56. The molecule has 9 nitrogen and oxygen atoms in total. The molecule has 0 aliphatic heterocycles. The maximum Gasteiger partial charge on any atom is 0.240 e. The van der Waals surface area contributed by atoms with Crippen molar-refractivity contribution in [1.29, 1.82) is 0 Å². The number of rotatable bonds is 7. The Labute approximate surface area is 205 Å². The summed E-state index contributed by atoms with van der Waals surface area (Å²) in [5.41, 5.74) is 2.41. The van der Waals surface area contributed by atoms with Crippen LogP contribution in [0.5, 0.6) is 0 Å². The zero-order valence-corrected chi connectivity index (χ0v) is 21.2. The van der Waals surface area contributed by atoms with E-state index in [4.69, 9.17) is 0 Å². The number of aromatic nitrogens is 4. The molecule has 12 heteroatoms. The molecular formula is C22H24N6O3S3. The number of thiophene rings is 1. The Hall–Kier alpha value is -2.54. The number of fused-ring (bicyclic) bond motifs is 3. The molecule has 1 amide bonds. The fourth-order valence-electron chi connectivity index (χ4n) is 4.10. The molecule has 0 atom stereocenters. The van der Waals surface area contributed by atoms with E-state index >= 15 is 0 Å². The van der Waals surface area contributed by atoms with Crippen molar-refractivity contribution in [2.45, 2.75) is 55.6 Å². The van der Waals surface area contributed by atoms with Gasteiger partial charge in [-0.05, 0) is 56.5 Å². The van der Waals surface area contributed by atoms with Gasteiger partial charge in [0.25, 0.3) is 0 Å². The summed E-state index contributed by atoms with van der Waals surface area (Å²) in [4.78, 5) is 19.3. The highest BCUT2D eigenvalue weighted by molar-refractivity contribution is 7.99. The van der Waals surface area contributed by atoms with Crippen LogP contribution < -0.4 is 10.0 Å². The Bertz CT molecular complexity index is 1470. The number of anilines is 1. The zero-order valence-electron chi connectivity index (χ0n) is 18.7. The monoisotopic (exact) mass is 516 g/mol. The molecule has 1 fully saturated rings. The SMILES string of the molecule is Cc1sc2ncn3c(SCC(=O)Nc4ccc(S(=O)(=O)NC5CCCC5)cc4)nnc3c2c1C. The van der Waals surface area contributed by atoms with Crippen LogP contribution >= 0.6 is 23.1 Å². The minimum Gasteiger partial charge on any atom is -0.325 e. The Morgan fingerprint density at radius 2 is 1.91 bits per heavy atom. The zero-order chi connectivity index (χ0) is 23.9. The van der Waals surface area contributed by atoms with Crippen molar-refractivity contribution in [2.75, 3.05) is 11.1 Å². The lowest BCUT2D eigenvalue weighted by atomic mass is 10.2. The van der Waals surface area contributed by atoms with Gasteiger partial charge in [-0.1, -0.05) is 24.6 Å². The summed E-state index contributed by atoms with van der Waals surface area (Å²) in [6, 6.07) is 6.22. The third kappa shape index (κ3) is 4.54. The molecular weight excluding hydrogens is 492 g/mol. The van der Waals surface area contributed by atoms with E-state index in [1.165, 1.54) is 28.8 Å². The molecule has 0 radical (unpaired) electrons. The van der Waals surface area contributed by atoms with Gasteiger partial charge in [-0.25, -0.2) is 18.1 Å². The molecule has 1 aliphatic carbocycles. The topological polar surface area (TPSA) is 118 Å². The van der Waals surface area contributed by atoms with Crippen molar-refractivity contribution in [3.05, 3.63) is 41.0 Å². The lowest BCUT2D eigenvalue weighted by Gasteiger charge is -2.13. The average molecular weight is 517 g/mol. The minimum absolute atomic E-state index is 0.00797. The molecule has 34 heavy (non-hydrogen) atoms. The van der Waals surface area contributed by atoms with E-state index < -0.39 is 10.0 Å². The highest BCUT2D eigenvalue weighted by Crippen LogP contribution is 2.32. The fourth-order valence-corrected chi connectivity index (χ4v) is 7.10. The molecule has 1 aromatic carbocycles. The molecule has 2 N–H and O–H groups in total. The van der Waals surface area contributed by atoms with Gasteiger partial charge in [0.2, 0.25) is 15.9 Å². The number of aryl methyl sites for hydroxylation is 2. The summed E-state index contributed by atoms with van der Waals surface area (Å²) in [6.45, 7) is 4.11. The van der Waals surface area contributed by atoms with Crippen molar-refractivity contribution in [2.24, 2.45) is 0 Å². The van der Waals surface area contributed by atoms with E-state index in [1.807, 2.05) is 6.92 Å². The van der Waals surface area contributed by atoms with Gasteiger partial charge in [-0.3, -0.25) is 9.20 Å². The van der Waals surface area contributed by atoms with Crippen molar-refractivity contribution < 1.29 is 13.2 Å². The van der Waals surface area contributed by atoms with Crippen LogP contribution in [0.4, 0.5) is 5.69 Å². The number of hydrogen-bond acceptors (Lipinski definition) is 8. The van der Waals surface area contributed by atoms with Gasteiger partial charge in [-0.15, -0.1) is 21.5 Å². The van der Waals surface area contributed by atoms with Crippen LogP contribution in [0.25, 0.3) is 15.9 Å². The van der Waals surface area contributed by atoms with Gasteiger partial charge in [0, 0.05) is 16.6 Å². The van der Waals surface area contributed by atoms with Gasteiger partial charge in [0.1, 0.15) is 11.2 Å². The van der Waals surface area contributed by atoms with Crippen molar-refractivity contribution in [3.8, 4) is 0 Å². The number of carbonyl (C=O) groups excluding carboxylic acids is 1. The van der Waals surface area contributed by atoms with Crippen molar-refractivity contribution in [1.82, 2.24) is 24.3 Å². The highest BCUT2D eigenvalue weighted by Gasteiger charge is 2.23. The van der Waals surface area contributed by atoms with E-state index in [-0.39, 0.29) is 22.6 Å². The summed E-state index contributed by atoms with van der Waals surface area (Å²) < 4.78 is 29.7. The second-order valence-electron chi connectivity index (χ2n) is 8.35. The molecule has 0 saturated heterocycles. The number of thioether (sulfide) groups is 1. The van der Waals surface area contributed by atoms with E-state index in [1.54, 1.807) is 34.2 Å². The molecule has 0 unspecified atom stereocenters. The summed E-state index contributed by atoms with van der Waals surface area (Å²) >= 11 is 2.89. The van der Waals surface area contributed by atoms with Crippen LogP contribution in [0, 0.1) is 13.8 Å². The largest absolute Gasteiger partial charge is 0.325 e. The molecule has 5 rings (SSSR count). The molecule has 178 valence electrons. The predicted octanol–water partition coefficient (Wildman–Crippen LogP) is 3.91. The fraction of sp³-hybridized carbons (Fsp3) is 0.364. The summed E-state index contributed by atoms with van der Waals surface area (Å²) in [5, 5.41) is 12.9. The normalized spacial score (nSPS) is 14.9. The highest BCUT2D eigenvalue weighted by atomic mass is 32.2. The van der Waals surface area contributed by atoms with Gasteiger partial charge in [0.15, 0.2) is 10.8 Å². The third-order valence-corrected chi connectivity index (χ3v) is 9.60. The second-order valence-corrected chi connectivity index (χ2v) is 12.2. The van der Waals surface area contributed by atoms with Gasteiger partial charge >= 0.3 is 0 Å². The van der Waals surface area contributed by atoms with E-state index in [0.29, 0.717) is 10.8 Å². The van der Waals surface area contributed by atoms with Crippen LogP contribution in [0.2, 0.25) is 0 Å². The Balaban J connectivity index is 1.22. The van der Waals surface area contributed by atoms with Crippen LogP contribution in [-0.2, 0) is 14.8 Å². The molecule has 3 aromatic heterocycles. The lowest BCUT2D eigenvalue weighted by molar-refractivity contribution is -0.113. The molecule has 0 bridgehead atoms. The van der Waals surface area contributed by atoms with Crippen molar-refractivity contribution >= 4 is 60.6 Å². The van der Waals surface area contributed by atoms with E-state index in [0.717, 1.165) is 47.1 Å². The number of carbonyl (C=O) groups is 1. The number of nitrogens with one attached hydrogen (secondary N) is 2. The molecule has 0 spiro atoms. The Morgan fingerprint density at radius 1 is 1.18 bits per heavy atom. The number of hydrogen-bond donors (Lipinski definition) is 2. The molecule has 1 aliphatic rings. The standard InChI is InChI=1S/C22H24N6O3S3/c1-13-14(2)33-21-19(13)20-25-26-22(28(20)12-23-21)32-11-18(29)24-15-7-9-17(10-8-15)34(30,31)27-16-5-3-4-6-16/h7-10,12,16,27H,3-6,11H2,1-2H3,(H,24,29). The van der Waals surface area contributed by atoms with Crippen LogP contribution in [0.15, 0.2) is 40.6 Å². The second kappa shape index (κ2) is 9.25.